The molecule has 0 atom stereocenters. The first-order valence-corrected chi connectivity index (χ1v) is 6.62. The molecule has 0 radical (unpaired) electrons. The van der Waals surface area contributed by atoms with E-state index >= 15 is 0 Å². The van der Waals surface area contributed by atoms with E-state index in [9.17, 15) is 0 Å². The maximum Gasteiger partial charge on any atom is 0.225 e. The minimum Gasteiger partial charge on any atom is -0.337 e. The van der Waals surface area contributed by atoms with Crippen LogP contribution >= 0.6 is 0 Å². The lowest BCUT2D eigenvalue weighted by Crippen LogP contribution is -2.25. The maximum absolute atomic E-state index is 4.57. The quantitative estimate of drug-likeness (QED) is 0.566. The Morgan fingerprint density at radius 3 is 2.78 bits per heavy atom. The molecule has 0 saturated heterocycles. The highest BCUT2D eigenvalue weighted by Crippen LogP contribution is 2.11. The van der Waals surface area contributed by atoms with Gasteiger partial charge in [-0.15, -0.1) is 6.58 Å². The van der Waals surface area contributed by atoms with E-state index in [4.69, 9.17) is 0 Å². The van der Waals surface area contributed by atoms with Gasteiger partial charge in [-0.2, -0.15) is 0 Å². The van der Waals surface area contributed by atoms with Crippen LogP contribution in [0.3, 0.4) is 0 Å². The summed E-state index contributed by atoms with van der Waals surface area (Å²) in [6.45, 7) is 13.6. The third-order valence-electron chi connectivity index (χ3n) is 2.82. The summed E-state index contributed by atoms with van der Waals surface area (Å²) in [4.78, 5) is 11.1. The van der Waals surface area contributed by atoms with E-state index in [0.29, 0.717) is 0 Å². The maximum atomic E-state index is 4.57. The highest BCUT2D eigenvalue weighted by molar-refractivity contribution is 5.33. The smallest absolute Gasteiger partial charge is 0.225 e. The van der Waals surface area contributed by atoms with Gasteiger partial charge in [0.25, 0.3) is 0 Å². The molecule has 1 heterocycles. The van der Waals surface area contributed by atoms with Crippen LogP contribution in [-0.2, 0) is 6.54 Å². The summed E-state index contributed by atoms with van der Waals surface area (Å²) in [7, 11) is 0. The highest BCUT2D eigenvalue weighted by Gasteiger charge is 2.08. The Hall–Kier alpha value is -1.42. The fourth-order valence-corrected chi connectivity index (χ4v) is 1.71. The van der Waals surface area contributed by atoms with Crippen molar-refractivity contribution < 1.29 is 0 Å². The Labute approximate surface area is 110 Å². The molecule has 0 fully saturated rings. The second-order valence-corrected chi connectivity index (χ2v) is 4.28. The van der Waals surface area contributed by atoms with Crippen molar-refractivity contribution in [3.63, 3.8) is 0 Å². The van der Waals surface area contributed by atoms with Gasteiger partial charge in [-0.05, 0) is 26.8 Å². The van der Waals surface area contributed by atoms with Crippen LogP contribution in [0.1, 0.15) is 31.5 Å². The lowest BCUT2D eigenvalue weighted by molar-refractivity contribution is 0.667. The van der Waals surface area contributed by atoms with Crippen LogP contribution in [0.2, 0.25) is 0 Å². The Morgan fingerprint density at radius 1 is 1.44 bits per heavy atom. The van der Waals surface area contributed by atoms with E-state index in [-0.39, 0.29) is 0 Å². The number of aromatic nitrogens is 2. The minimum atomic E-state index is 0.781. The molecule has 4 nitrogen and oxygen atoms in total. The van der Waals surface area contributed by atoms with Crippen LogP contribution in [0, 0.1) is 6.92 Å². The molecule has 0 aliphatic heterocycles. The molecular formula is C14H24N4. The first-order chi connectivity index (χ1) is 8.72. The molecule has 0 spiro atoms. The van der Waals surface area contributed by atoms with Gasteiger partial charge in [0, 0.05) is 37.1 Å². The largest absolute Gasteiger partial charge is 0.337 e. The van der Waals surface area contributed by atoms with E-state index in [2.05, 4.69) is 40.6 Å². The van der Waals surface area contributed by atoms with E-state index in [1.165, 1.54) is 5.56 Å². The molecule has 0 aliphatic rings. The summed E-state index contributed by atoms with van der Waals surface area (Å²) in [6.07, 6.45) is 4.94. The summed E-state index contributed by atoms with van der Waals surface area (Å²) < 4.78 is 0. The fourth-order valence-electron chi connectivity index (χ4n) is 1.71. The molecule has 0 saturated carbocycles. The van der Waals surface area contributed by atoms with E-state index < -0.39 is 0 Å². The number of rotatable bonds is 8. The molecule has 0 aromatic carbocycles. The van der Waals surface area contributed by atoms with Crippen molar-refractivity contribution in [2.45, 2.75) is 33.7 Å². The third kappa shape index (κ3) is 4.11. The van der Waals surface area contributed by atoms with Gasteiger partial charge in [-0.3, -0.25) is 0 Å². The summed E-state index contributed by atoms with van der Waals surface area (Å²) >= 11 is 0. The number of nitrogens with one attached hydrogen (secondary N) is 1. The number of hydrogen-bond donors (Lipinski definition) is 1. The summed E-state index contributed by atoms with van der Waals surface area (Å²) in [5, 5.41) is 3.37. The Bertz CT molecular complexity index is 376. The van der Waals surface area contributed by atoms with Crippen LogP contribution in [0.5, 0.6) is 0 Å². The van der Waals surface area contributed by atoms with Crippen molar-refractivity contribution in [1.29, 1.82) is 0 Å². The predicted molar refractivity (Wildman–Crippen MR) is 76.9 cm³/mol. The van der Waals surface area contributed by atoms with Gasteiger partial charge in [-0.1, -0.05) is 13.0 Å². The van der Waals surface area contributed by atoms with E-state index in [1.54, 1.807) is 0 Å². The molecule has 18 heavy (non-hydrogen) atoms. The summed E-state index contributed by atoms with van der Waals surface area (Å²) in [6, 6.07) is 0. The molecule has 4 heteroatoms. The topological polar surface area (TPSA) is 41.1 Å². The second-order valence-electron chi connectivity index (χ2n) is 4.28. The lowest BCUT2D eigenvalue weighted by atomic mass is 10.2. The number of anilines is 1. The first kappa shape index (κ1) is 14.6. The summed E-state index contributed by atoms with van der Waals surface area (Å²) in [5.41, 5.74) is 2.22. The Kier molecular flexibility index (Phi) is 6.36. The Balaban J connectivity index is 2.74. The standard InChI is InChI=1S/C14H24N4/c1-5-8-15-10-13-11-16-14(17-12(13)4)18(7-3)9-6-2/h6,11,15H,2,5,7-10H2,1,3-4H3. The lowest BCUT2D eigenvalue weighted by Gasteiger charge is -2.19. The van der Waals surface area contributed by atoms with Crippen LogP contribution in [0.15, 0.2) is 18.9 Å². The van der Waals surface area contributed by atoms with Crippen molar-refractivity contribution >= 4 is 5.95 Å². The number of hydrogen-bond acceptors (Lipinski definition) is 4. The van der Waals surface area contributed by atoms with Gasteiger partial charge >= 0.3 is 0 Å². The number of aryl methyl sites for hydroxylation is 1. The molecule has 0 bridgehead atoms. The molecule has 1 aromatic rings. The molecule has 100 valence electrons. The predicted octanol–water partition coefficient (Wildman–Crippen LogP) is 2.30. The zero-order chi connectivity index (χ0) is 13.4. The van der Waals surface area contributed by atoms with Gasteiger partial charge in [0.15, 0.2) is 0 Å². The van der Waals surface area contributed by atoms with Crippen molar-refractivity contribution in [2.75, 3.05) is 24.5 Å². The molecule has 0 amide bonds. The van der Waals surface area contributed by atoms with Gasteiger partial charge in [0.1, 0.15) is 0 Å². The van der Waals surface area contributed by atoms with Crippen molar-refractivity contribution in [2.24, 2.45) is 0 Å². The first-order valence-electron chi connectivity index (χ1n) is 6.62. The molecule has 1 N–H and O–H groups in total. The third-order valence-corrected chi connectivity index (χ3v) is 2.82. The summed E-state index contributed by atoms with van der Waals surface area (Å²) in [5.74, 6) is 0.786. The molecule has 1 aromatic heterocycles. The average molecular weight is 248 g/mol. The minimum absolute atomic E-state index is 0.781. The van der Waals surface area contributed by atoms with Crippen LogP contribution < -0.4 is 10.2 Å². The molecule has 1 rings (SSSR count). The van der Waals surface area contributed by atoms with Crippen molar-refractivity contribution in [3.05, 3.63) is 30.1 Å². The van der Waals surface area contributed by atoms with Crippen LogP contribution in [-0.4, -0.2) is 29.6 Å². The van der Waals surface area contributed by atoms with Crippen molar-refractivity contribution in [3.8, 4) is 0 Å². The monoisotopic (exact) mass is 248 g/mol. The van der Waals surface area contributed by atoms with Crippen molar-refractivity contribution in [1.82, 2.24) is 15.3 Å². The molecule has 0 aliphatic carbocycles. The zero-order valence-corrected chi connectivity index (χ0v) is 11.7. The number of likely N-dealkylation sites (N-methyl/N-ethyl adjacent to an activating group) is 1. The Morgan fingerprint density at radius 2 is 2.22 bits per heavy atom. The molecular weight excluding hydrogens is 224 g/mol. The number of nitrogens with zero attached hydrogens (tertiary/aromatic N) is 3. The average Bonchev–Trinajstić information content (AvgIpc) is 2.38. The van der Waals surface area contributed by atoms with Gasteiger partial charge < -0.3 is 10.2 Å². The van der Waals surface area contributed by atoms with Gasteiger partial charge in [0.05, 0.1) is 0 Å². The van der Waals surface area contributed by atoms with Gasteiger partial charge in [0.2, 0.25) is 5.95 Å². The highest BCUT2D eigenvalue weighted by atomic mass is 15.2. The second kappa shape index (κ2) is 7.82. The van der Waals surface area contributed by atoms with E-state index in [0.717, 1.165) is 44.2 Å². The van der Waals surface area contributed by atoms with Crippen LogP contribution in [0.25, 0.3) is 0 Å². The van der Waals surface area contributed by atoms with E-state index in [1.807, 2.05) is 19.2 Å². The zero-order valence-electron chi connectivity index (χ0n) is 11.7. The normalized spacial score (nSPS) is 10.4. The SMILES string of the molecule is C=CCN(CC)c1ncc(CNCCC)c(C)n1. The van der Waals surface area contributed by atoms with Gasteiger partial charge in [-0.25, -0.2) is 9.97 Å². The van der Waals surface area contributed by atoms with Crippen LogP contribution in [0.4, 0.5) is 5.95 Å². The fraction of sp³-hybridized carbons (Fsp3) is 0.571. The molecule has 0 unspecified atom stereocenters.